The van der Waals surface area contributed by atoms with E-state index in [2.05, 4.69) is 0 Å². The van der Waals surface area contributed by atoms with Crippen LogP contribution in [0.5, 0.6) is 0 Å². The van der Waals surface area contributed by atoms with E-state index in [-0.39, 0.29) is 19.1 Å². The van der Waals surface area contributed by atoms with Gasteiger partial charge >= 0.3 is 11.9 Å². The second-order valence-electron chi connectivity index (χ2n) is 6.51. The Kier molecular flexibility index (Phi) is 5.49. The van der Waals surface area contributed by atoms with Gasteiger partial charge < -0.3 is 14.4 Å². The topological polar surface area (TPSA) is 72.9 Å². The van der Waals surface area contributed by atoms with E-state index in [1.54, 1.807) is 69.4 Å². The fraction of sp³-hybridized carbons (Fsp3) is 0.318. The smallest absolute Gasteiger partial charge is 0.329 e. The predicted octanol–water partition coefficient (Wildman–Crippen LogP) is 2.81. The molecule has 0 aromatic heterocycles. The van der Waals surface area contributed by atoms with Crippen molar-refractivity contribution in [2.75, 3.05) is 25.2 Å². The van der Waals surface area contributed by atoms with Gasteiger partial charge in [0.1, 0.15) is 0 Å². The number of anilines is 1. The second kappa shape index (κ2) is 7.84. The van der Waals surface area contributed by atoms with Crippen LogP contribution in [-0.2, 0) is 29.3 Å². The van der Waals surface area contributed by atoms with Crippen LogP contribution in [0.15, 0.2) is 54.6 Å². The minimum atomic E-state index is -1.91. The number of esters is 2. The van der Waals surface area contributed by atoms with Crippen LogP contribution in [0, 0.1) is 0 Å². The van der Waals surface area contributed by atoms with Gasteiger partial charge in [0.2, 0.25) is 11.3 Å². The highest BCUT2D eigenvalue weighted by molar-refractivity contribution is 6.18. The monoisotopic (exact) mass is 381 g/mol. The highest BCUT2D eigenvalue weighted by Gasteiger charge is 2.63. The van der Waals surface area contributed by atoms with Crippen LogP contribution in [-0.4, -0.2) is 38.1 Å². The highest BCUT2D eigenvalue weighted by Crippen LogP contribution is 2.50. The summed E-state index contributed by atoms with van der Waals surface area (Å²) in [6, 6.07) is 15.7. The number of hydrogen-bond donors (Lipinski definition) is 0. The number of amides is 1. The van der Waals surface area contributed by atoms with Gasteiger partial charge in [0.25, 0.3) is 0 Å². The average molecular weight is 381 g/mol. The first-order valence-corrected chi connectivity index (χ1v) is 9.26. The Bertz CT molecular complexity index is 875. The summed E-state index contributed by atoms with van der Waals surface area (Å²) in [4.78, 5) is 41.6. The van der Waals surface area contributed by atoms with Crippen molar-refractivity contribution >= 4 is 23.5 Å². The van der Waals surface area contributed by atoms with E-state index in [0.29, 0.717) is 16.8 Å². The van der Waals surface area contributed by atoms with E-state index in [4.69, 9.17) is 9.47 Å². The molecule has 146 valence electrons. The van der Waals surface area contributed by atoms with Crippen LogP contribution in [0.3, 0.4) is 0 Å². The number of benzene rings is 2. The number of ether oxygens (including phenoxy) is 2. The lowest BCUT2D eigenvalue weighted by atomic mass is 9.64. The molecule has 1 aliphatic heterocycles. The third-order valence-corrected chi connectivity index (χ3v) is 5.03. The number of para-hydroxylation sites is 1. The maximum atomic E-state index is 13.4. The summed E-state index contributed by atoms with van der Waals surface area (Å²) in [5.41, 5.74) is -0.466. The summed E-state index contributed by atoms with van der Waals surface area (Å²) >= 11 is 0. The third-order valence-electron chi connectivity index (χ3n) is 5.03. The SMILES string of the molecule is CCOC(=O)C1(C(=O)OCC)c2ccccc2N(C)C(=O)C1c1ccccc1. The summed E-state index contributed by atoms with van der Waals surface area (Å²) < 4.78 is 10.7. The first kappa shape index (κ1) is 19.6. The van der Waals surface area contributed by atoms with Gasteiger partial charge in [0.15, 0.2) is 0 Å². The van der Waals surface area contributed by atoms with Crippen LogP contribution < -0.4 is 4.90 Å². The van der Waals surface area contributed by atoms with E-state index in [1.165, 1.54) is 4.90 Å². The van der Waals surface area contributed by atoms with Crippen molar-refractivity contribution in [3.8, 4) is 0 Å². The molecule has 0 spiro atoms. The maximum absolute atomic E-state index is 13.4. The minimum absolute atomic E-state index is 0.0771. The van der Waals surface area contributed by atoms with E-state index in [1.807, 2.05) is 6.07 Å². The molecule has 2 aromatic carbocycles. The molecular weight excluding hydrogens is 358 g/mol. The standard InChI is InChI=1S/C22H23NO5/c1-4-27-20(25)22(21(26)28-5-2)16-13-9-10-14-17(16)23(3)19(24)18(22)15-11-7-6-8-12-15/h6-14,18H,4-5H2,1-3H3. The first-order valence-electron chi connectivity index (χ1n) is 9.26. The van der Waals surface area contributed by atoms with Gasteiger partial charge in [-0.15, -0.1) is 0 Å². The zero-order valence-electron chi connectivity index (χ0n) is 16.2. The van der Waals surface area contributed by atoms with Crippen molar-refractivity contribution in [2.24, 2.45) is 0 Å². The van der Waals surface area contributed by atoms with Crippen molar-refractivity contribution < 1.29 is 23.9 Å². The fourth-order valence-electron chi connectivity index (χ4n) is 3.82. The Morgan fingerprint density at radius 2 is 1.46 bits per heavy atom. The molecule has 1 aliphatic rings. The molecule has 0 saturated carbocycles. The molecule has 0 saturated heterocycles. The molecule has 1 atom stereocenters. The molecule has 0 bridgehead atoms. The lowest BCUT2D eigenvalue weighted by Crippen LogP contribution is -2.58. The number of carbonyl (C=O) groups excluding carboxylic acids is 3. The van der Waals surface area contributed by atoms with Gasteiger partial charge in [-0.25, -0.2) is 0 Å². The van der Waals surface area contributed by atoms with Crippen LogP contribution >= 0.6 is 0 Å². The molecule has 6 heteroatoms. The van der Waals surface area contributed by atoms with Gasteiger partial charge in [0, 0.05) is 18.3 Å². The molecule has 0 fully saturated rings. The fourth-order valence-corrected chi connectivity index (χ4v) is 3.82. The van der Waals surface area contributed by atoms with Gasteiger partial charge in [-0.2, -0.15) is 0 Å². The average Bonchev–Trinajstić information content (AvgIpc) is 2.71. The van der Waals surface area contributed by atoms with Crippen LogP contribution in [0.1, 0.15) is 30.9 Å². The summed E-state index contributed by atoms with van der Waals surface area (Å²) in [5, 5.41) is 0. The van der Waals surface area contributed by atoms with E-state index < -0.39 is 23.3 Å². The van der Waals surface area contributed by atoms with Gasteiger partial charge in [-0.3, -0.25) is 14.4 Å². The Labute approximate surface area is 164 Å². The Morgan fingerprint density at radius 3 is 2.04 bits per heavy atom. The Hall–Kier alpha value is -3.15. The van der Waals surface area contributed by atoms with Crippen molar-refractivity contribution in [3.05, 3.63) is 65.7 Å². The number of rotatable bonds is 5. The summed E-state index contributed by atoms with van der Waals surface area (Å²) in [6.45, 7) is 3.48. The van der Waals surface area contributed by atoms with Gasteiger partial charge in [-0.1, -0.05) is 48.5 Å². The van der Waals surface area contributed by atoms with Crippen LogP contribution in [0.2, 0.25) is 0 Å². The number of likely N-dealkylation sites (N-methyl/N-ethyl adjacent to an activating group) is 1. The van der Waals surface area contributed by atoms with Crippen LogP contribution in [0.4, 0.5) is 5.69 Å². The summed E-state index contributed by atoms with van der Waals surface area (Å²) in [6.07, 6.45) is 0. The van der Waals surface area contributed by atoms with E-state index in [9.17, 15) is 14.4 Å². The summed E-state index contributed by atoms with van der Waals surface area (Å²) in [5.74, 6) is -3.02. The zero-order chi connectivity index (χ0) is 20.3. The molecular formula is C22H23NO5. The van der Waals surface area contributed by atoms with Crippen molar-refractivity contribution in [3.63, 3.8) is 0 Å². The van der Waals surface area contributed by atoms with Crippen molar-refractivity contribution in [1.82, 2.24) is 0 Å². The summed E-state index contributed by atoms with van der Waals surface area (Å²) in [7, 11) is 1.64. The van der Waals surface area contributed by atoms with Crippen molar-refractivity contribution in [1.29, 1.82) is 0 Å². The molecule has 0 radical (unpaired) electrons. The molecule has 6 nitrogen and oxygen atoms in total. The molecule has 2 aromatic rings. The van der Waals surface area contributed by atoms with E-state index >= 15 is 0 Å². The molecule has 0 N–H and O–H groups in total. The lowest BCUT2D eigenvalue weighted by Gasteiger charge is -2.43. The number of fused-ring (bicyclic) bond motifs is 1. The molecule has 3 rings (SSSR count). The maximum Gasteiger partial charge on any atom is 0.329 e. The zero-order valence-corrected chi connectivity index (χ0v) is 16.2. The van der Waals surface area contributed by atoms with Crippen molar-refractivity contribution in [2.45, 2.75) is 25.2 Å². The molecule has 1 amide bonds. The van der Waals surface area contributed by atoms with Gasteiger partial charge in [0.05, 0.1) is 19.1 Å². The highest BCUT2D eigenvalue weighted by atomic mass is 16.6. The first-order chi connectivity index (χ1) is 13.5. The molecule has 0 aliphatic carbocycles. The van der Waals surface area contributed by atoms with Crippen LogP contribution in [0.25, 0.3) is 0 Å². The quantitative estimate of drug-likeness (QED) is 0.588. The largest absolute Gasteiger partial charge is 0.465 e. The minimum Gasteiger partial charge on any atom is -0.465 e. The number of nitrogens with zero attached hydrogens (tertiary/aromatic N) is 1. The second-order valence-corrected chi connectivity index (χ2v) is 6.51. The molecule has 1 unspecified atom stereocenters. The van der Waals surface area contributed by atoms with Gasteiger partial charge in [-0.05, 0) is 25.5 Å². The van der Waals surface area contributed by atoms with E-state index in [0.717, 1.165) is 0 Å². The Morgan fingerprint density at radius 1 is 0.929 bits per heavy atom. The molecule has 28 heavy (non-hydrogen) atoms. The normalized spacial score (nSPS) is 17.6. The predicted molar refractivity (Wildman–Crippen MR) is 104 cm³/mol. The molecule has 1 heterocycles. The number of hydrogen-bond acceptors (Lipinski definition) is 5. The Balaban J connectivity index is 2.39. The number of carbonyl (C=O) groups is 3. The lowest BCUT2D eigenvalue weighted by molar-refractivity contribution is -0.168. The third kappa shape index (κ3) is 2.85.